The van der Waals surface area contributed by atoms with Crippen LogP contribution in [0.3, 0.4) is 0 Å². The first-order valence-electron chi connectivity index (χ1n) is 5.66. The maximum Gasteiger partial charge on any atom is 0.172 e. The average molecular weight is 368 g/mol. The van der Waals surface area contributed by atoms with E-state index in [4.69, 9.17) is 0 Å². The van der Waals surface area contributed by atoms with Crippen LogP contribution >= 0.6 is 34.4 Å². The Morgan fingerprint density at radius 1 is 1.00 bits per heavy atom. The van der Waals surface area contributed by atoms with Crippen LogP contribution in [0, 0.1) is 3.57 Å². The second-order valence-corrected chi connectivity index (χ2v) is 6.14. The molecule has 2 rings (SSSR count). The molecule has 2 aromatic rings. The van der Waals surface area contributed by atoms with Crippen LogP contribution in [0.2, 0.25) is 0 Å². The van der Waals surface area contributed by atoms with Crippen LogP contribution in [0.15, 0.2) is 54.6 Å². The van der Waals surface area contributed by atoms with Crippen molar-refractivity contribution < 1.29 is 4.79 Å². The lowest BCUT2D eigenvalue weighted by Crippen LogP contribution is -2.02. The van der Waals surface area contributed by atoms with Gasteiger partial charge in [-0.15, -0.1) is 11.8 Å². The molecular weight excluding hydrogens is 355 g/mol. The summed E-state index contributed by atoms with van der Waals surface area (Å²) in [5.41, 5.74) is 2.06. The normalized spacial score (nSPS) is 10.3. The van der Waals surface area contributed by atoms with Crippen molar-refractivity contribution in [1.82, 2.24) is 0 Å². The molecule has 0 aliphatic heterocycles. The highest BCUT2D eigenvalue weighted by atomic mass is 127. The lowest BCUT2D eigenvalue weighted by atomic mass is 10.2. The van der Waals surface area contributed by atoms with Gasteiger partial charge in [0.15, 0.2) is 5.78 Å². The summed E-state index contributed by atoms with van der Waals surface area (Å²) in [5.74, 6) is 1.62. The van der Waals surface area contributed by atoms with Crippen LogP contribution in [0.1, 0.15) is 15.9 Å². The summed E-state index contributed by atoms with van der Waals surface area (Å²) in [4.78, 5) is 11.9. The van der Waals surface area contributed by atoms with E-state index in [1.807, 2.05) is 42.5 Å². The number of ketones is 1. The molecule has 0 aliphatic carbocycles. The van der Waals surface area contributed by atoms with E-state index in [1.54, 1.807) is 11.8 Å². The third-order valence-electron chi connectivity index (χ3n) is 2.51. The van der Waals surface area contributed by atoms with Crippen LogP contribution in [0.4, 0.5) is 0 Å². The van der Waals surface area contributed by atoms with Gasteiger partial charge in [0.2, 0.25) is 0 Å². The molecule has 0 radical (unpaired) electrons. The van der Waals surface area contributed by atoms with Gasteiger partial charge in [-0.3, -0.25) is 4.79 Å². The summed E-state index contributed by atoms with van der Waals surface area (Å²) in [7, 11) is 0. The molecule has 0 heterocycles. The fraction of sp³-hybridized carbons (Fsp3) is 0.133. The second-order valence-electron chi connectivity index (χ2n) is 3.91. The van der Waals surface area contributed by atoms with Gasteiger partial charge in [0.1, 0.15) is 0 Å². The molecule has 0 amide bonds. The largest absolute Gasteiger partial charge is 0.293 e. The van der Waals surface area contributed by atoms with E-state index in [-0.39, 0.29) is 5.78 Å². The Hall–Kier alpha value is -0.810. The molecule has 18 heavy (non-hydrogen) atoms. The highest BCUT2D eigenvalue weighted by molar-refractivity contribution is 14.1. The zero-order chi connectivity index (χ0) is 12.8. The molecule has 0 atom stereocenters. The van der Waals surface area contributed by atoms with Crippen molar-refractivity contribution in [3.63, 3.8) is 0 Å². The maximum absolute atomic E-state index is 11.9. The first-order chi connectivity index (χ1) is 8.75. The Labute approximate surface area is 125 Å². The summed E-state index contributed by atoms with van der Waals surface area (Å²) in [6.45, 7) is 0. The van der Waals surface area contributed by atoms with E-state index in [2.05, 4.69) is 34.7 Å². The number of hydrogen-bond donors (Lipinski definition) is 0. The Morgan fingerprint density at radius 2 is 1.67 bits per heavy atom. The maximum atomic E-state index is 11.9. The van der Waals surface area contributed by atoms with Gasteiger partial charge in [-0.25, -0.2) is 0 Å². The molecule has 0 saturated heterocycles. The van der Waals surface area contributed by atoms with Crippen molar-refractivity contribution in [1.29, 1.82) is 0 Å². The molecule has 92 valence electrons. The lowest BCUT2D eigenvalue weighted by molar-refractivity contribution is 0.102. The Morgan fingerprint density at radius 3 is 2.33 bits per heavy atom. The van der Waals surface area contributed by atoms with Gasteiger partial charge in [0, 0.05) is 14.9 Å². The number of benzene rings is 2. The van der Waals surface area contributed by atoms with Crippen molar-refractivity contribution in [3.8, 4) is 0 Å². The van der Waals surface area contributed by atoms with E-state index in [1.165, 1.54) is 5.56 Å². The highest BCUT2D eigenvalue weighted by Crippen LogP contribution is 2.14. The van der Waals surface area contributed by atoms with Gasteiger partial charge in [-0.1, -0.05) is 42.5 Å². The number of thioether (sulfide) groups is 1. The van der Waals surface area contributed by atoms with Gasteiger partial charge < -0.3 is 0 Å². The summed E-state index contributed by atoms with van der Waals surface area (Å²) in [6.07, 6.45) is 0. The molecular formula is C15H13IOS. The van der Waals surface area contributed by atoms with Crippen molar-refractivity contribution >= 4 is 40.1 Å². The molecule has 0 N–H and O–H groups in total. The molecule has 3 heteroatoms. The molecule has 0 saturated carbocycles. The number of Topliss-reactive ketones (excluding diaryl/α,β-unsaturated/α-hetero) is 1. The minimum atomic E-state index is 0.201. The summed E-state index contributed by atoms with van der Waals surface area (Å²) < 4.78 is 1.15. The minimum Gasteiger partial charge on any atom is -0.293 e. The number of carbonyl (C=O) groups excluding carboxylic acids is 1. The van der Waals surface area contributed by atoms with E-state index in [0.29, 0.717) is 5.75 Å². The van der Waals surface area contributed by atoms with Crippen molar-refractivity contribution in [3.05, 3.63) is 69.3 Å². The van der Waals surface area contributed by atoms with Crippen molar-refractivity contribution in [2.24, 2.45) is 0 Å². The predicted molar refractivity (Wildman–Crippen MR) is 86.1 cm³/mol. The number of rotatable bonds is 5. The van der Waals surface area contributed by atoms with E-state index >= 15 is 0 Å². The minimum absolute atomic E-state index is 0.201. The SMILES string of the molecule is O=C(CSCc1ccccc1)c1ccc(I)cc1. The first kappa shape index (κ1) is 13.6. The first-order valence-corrected chi connectivity index (χ1v) is 7.89. The van der Waals surface area contributed by atoms with Crippen LogP contribution in [-0.4, -0.2) is 11.5 Å². The second kappa shape index (κ2) is 6.95. The molecule has 0 aromatic heterocycles. The van der Waals surface area contributed by atoms with Gasteiger partial charge in [-0.05, 0) is 40.3 Å². The number of hydrogen-bond acceptors (Lipinski definition) is 2. The molecule has 2 aromatic carbocycles. The average Bonchev–Trinajstić information content (AvgIpc) is 2.40. The van der Waals surface area contributed by atoms with Gasteiger partial charge in [0.05, 0.1) is 5.75 Å². The molecule has 1 nitrogen and oxygen atoms in total. The van der Waals surface area contributed by atoms with E-state index in [0.717, 1.165) is 14.9 Å². The highest BCUT2D eigenvalue weighted by Gasteiger charge is 2.05. The molecule has 0 fully saturated rings. The van der Waals surface area contributed by atoms with Crippen molar-refractivity contribution in [2.45, 2.75) is 5.75 Å². The van der Waals surface area contributed by atoms with Crippen molar-refractivity contribution in [2.75, 3.05) is 5.75 Å². The quantitative estimate of drug-likeness (QED) is 0.575. The summed E-state index contributed by atoms with van der Waals surface area (Å²) >= 11 is 3.90. The van der Waals surface area contributed by atoms with Gasteiger partial charge in [-0.2, -0.15) is 0 Å². The van der Waals surface area contributed by atoms with Crippen LogP contribution < -0.4 is 0 Å². The third-order valence-corrected chi connectivity index (χ3v) is 4.23. The standard InChI is InChI=1S/C15H13IOS/c16-14-8-6-13(7-9-14)15(17)11-18-10-12-4-2-1-3-5-12/h1-9H,10-11H2. The Balaban J connectivity index is 1.84. The predicted octanol–water partition coefficient (Wildman–Crippen LogP) is 4.41. The molecule has 0 aliphatic rings. The fourth-order valence-electron chi connectivity index (χ4n) is 1.55. The monoisotopic (exact) mass is 368 g/mol. The van der Waals surface area contributed by atoms with Crippen LogP contribution in [0.5, 0.6) is 0 Å². The zero-order valence-electron chi connectivity index (χ0n) is 9.80. The summed E-state index contributed by atoms with van der Waals surface area (Å²) in [6, 6.07) is 18.0. The smallest absolute Gasteiger partial charge is 0.172 e. The number of carbonyl (C=O) groups is 1. The Kier molecular flexibility index (Phi) is 5.26. The van der Waals surface area contributed by atoms with E-state index in [9.17, 15) is 4.79 Å². The Bertz CT molecular complexity index is 508. The van der Waals surface area contributed by atoms with Gasteiger partial charge in [0.25, 0.3) is 0 Å². The zero-order valence-corrected chi connectivity index (χ0v) is 12.8. The van der Waals surface area contributed by atoms with Gasteiger partial charge >= 0.3 is 0 Å². The summed E-state index contributed by atoms with van der Waals surface area (Å²) in [5, 5.41) is 0. The molecule has 0 spiro atoms. The molecule has 0 bridgehead atoms. The fourth-order valence-corrected chi connectivity index (χ4v) is 2.80. The van der Waals surface area contributed by atoms with Crippen LogP contribution in [0.25, 0.3) is 0 Å². The topological polar surface area (TPSA) is 17.1 Å². The lowest BCUT2D eigenvalue weighted by Gasteiger charge is -2.02. The molecule has 0 unspecified atom stereocenters. The third kappa shape index (κ3) is 4.14. The number of halogens is 1. The van der Waals surface area contributed by atoms with E-state index < -0.39 is 0 Å². The van der Waals surface area contributed by atoms with Crippen LogP contribution in [-0.2, 0) is 5.75 Å².